The number of fused-ring (bicyclic) bond motifs is 1. The van der Waals surface area contributed by atoms with E-state index in [4.69, 9.17) is 9.72 Å². The smallest absolute Gasteiger partial charge is 0.130 e. The molecule has 3 heteroatoms. The van der Waals surface area contributed by atoms with Gasteiger partial charge in [0.2, 0.25) is 0 Å². The van der Waals surface area contributed by atoms with Crippen molar-refractivity contribution in [3.63, 3.8) is 0 Å². The number of benzene rings is 1. The molecule has 0 amide bonds. The number of para-hydroxylation sites is 1. The maximum atomic E-state index is 6.19. The largest absolute Gasteiger partial charge is 0.490 e. The molecule has 0 radical (unpaired) electrons. The van der Waals surface area contributed by atoms with Crippen molar-refractivity contribution in [3.8, 4) is 5.75 Å². The first-order valence-corrected chi connectivity index (χ1v) is 7.86. The summed E-state index contributed by atoms with van der Waals surface area (Å²) in [7, 11) is 0. The van der Waals surface area contributed by atoms with Crippen LogP contribution in [0.15, 0.2) is 30.3 Å². The normalized spacial score (nSPS) is 12.8. The number of hydrogen-bond acceptors (Lipinski definition) is 3. The molecule has 0 saturated carbocycles. The molecule has 3 nitrogen and oxygen atoms in total. The average Bonchev–Trinajstić information content (AvgIpc) is 2.44. The lowest BCUT2D eigenvalue weighted by atomic mass is 10.1. The standard InChI is InChI=1S/C18H26N2O/c1-5-19-12-15-11-18(21-14(4)10-13(2)3)16-8-6-7-9-17(16)20-15/h6-9,11,13-14,19H,5,10,12H2,1-4H3. The molecule has 1 aromatic carbocycles. The number of rotatable bonds is 7. The fourth-order valence-corrected chi connectivity index (χ4v) is 2.57. The van der Waals surface area contributed by atoms with Crippen LogP contribution in [0.1, 0.15) is 39.8 Å². The van der Waals surface area contributed by atoms with E-state index in [0.717, 1.165) is 41.9 Å². The minimum atomic E-state index is 0.211. The van der Waals surface area contributed by atoms with Gasteiger partial charge < -0.3 is 10.1 Å². The van der Waals surface area contributed by atoms with Crippen LogP contribution in [0.2, 0.25) is 0 Å². The van der Waals surface area contributed by atoms with E-state index in [1.807, 2.05) is 18.2 Å². The lowest BCUT2D eigenvalue weighted by molar-refractivity contribution is 0.195. The van der Waals surface area contributed by atoms with Gasteiger partial charge in [-0.2, -0.15) is 0 Å². The van der Waals surface area contributed by atoms with Crippen LogP contribution in [0.4, 0.5) is 0 Å². The lowest BCUT2D eigenvalue weighted by Crippen LogP contribution is -2.16. The molecule has 0 spiro atoms. The van der Waals surface area contributed by atoms with Gasteiger partial charge in [-0.3, -0.25) is 4.98 Å². The van der Waals surface area contributed by atoms with Crippen LogP contribution in [0.3, 0.4) is 0 Å². The molecule has 114 valence electrons. The Kier molecular flexibility index (Phi) is 5.57. The number of pyridine rings is 1. The molecule has 0 bridgehead atoms. The zero-order valence-electron chi connectivity index (χ0n) is 13.5. The van der Waals surface area contributed by atoms with Crippen molar-refractivity contribution in [2.45, 2.75) is 46.8 Å². The predicted molar refractivity (Wildman–Crippen MR) is 88.7 cm³/mol. The summed E-state index contributed by atoms with van der Waals surface area (Å²) in [5.41, 5.74) is 2.03. The van der Waals surface area contributed by atoms with E-state index in [0.29, 0.717) is 5.92 Å². The predicted octanol–water partition coefficient (Wildman–Crippen LogP) is 4.16. The van der Waals surface area contributed by atoms with Crippen LogP contribution in [0.25, 0.3) is 10.9 Å². The van der Waals surface area contributed by atoms with Gasteiger partial charge in [-0.25, -0.2) is 0 Å². The monoisotopic (exact) mass is 286 g/mol. The summed E-state index contributed by atoms with van der Waals surface area (Å²) in [5.74, 6) is 1.58. The van der Waals surface area contributed by atoms with Crippen molar-refractivity contribution in [2.75, 3.05) is 6.54 Å². The van der Waals surface area contributed by atoms with Crippen molar-refractivity contribution in [3.05, 3.63) is 36.0 Å². The summed E-state index contributed by atoms with van der Waals surface area (Å²) in [6.07, 6.45) is 1.27. The molecule has 1 aromatic heterocycles. The SMILES string of the molecule is CCNCc1cc(OC(C)CC(C)C)c2ccccc2n1. The van der Waals surface area contributed by atoms with Gasteiger partial charge in [-0.1, -0.05) is 32.9 Å². The molecule has 1 N–H and O–H groups in total. The molecule has 1 atom stereocenters. The third kappa shape index (κ3) is 4.43. The maximum Gasteiger partial charge on any atom is 0.130 e. The zero-order chi connectivity index (χ0) is 15.2. The maximum absolute atomic E-state index is 6.19. The molecule has 0 aliphatic heterocycles. The molecular weight excluding hydrogens is 260 g/mol. The van der Waals surface area contributed by atoms with Crippen LogP contribution in [0, 0.1) is 5.92 Å². The van der Waals surface area contributed by atoms with Crippen molar-refractivity contribution in [1.29, 1.82) is 0 Å². The van der Waals surface area contributed by atoms with E-state index in [9.17, 15) is 0 Å². The van der Waals surface area contributed by atoms with Crippen molar-refractivity contribution in [1.82, 2.24) is 10.3 Å². The Labute approximate surface area is 127 Å². The summed E-state index contributed by atoms with van der Waals surface area (Å²) in [5, 5.41) is 4.42. The van der Waals surface area contributed by atoms with Gasteiger partial charge in [0.1, 0.15) is 5.75 Å². The summed E-state index contributed by atoms with van der Waals surface area (Å²) < 4.78 is 6.19. The third-order valence-corrected chi connectivity index (χ3v) is 3.42. The Morgan fingerprint density at radius 2 is 1.95 bits per heavy atom. The highest BCUT2D eigenvalue weighted by Crippen LogP contribution is 2.27. The van der Waals surface area contributed by atoms with E-state index < -0.39 is 0 Å². The van der Waals surface area contributed by atoms with Crippen molar-refractivity contribution >= 4 is 10.9 Å². The van der Waals surface area contributed by atoms with Gasteiger partial charge in [-0.15, -0.1) is 0 Å². The minimum Gasteiger partial charge on any atom is -0.490 e. The number of nitrogens with one attached hydrogen (secondary N) is 1. The average molecular weight is 286 g/mol. The number of ether oxygens (including phenoxy) is 1. The Morgan fingerprint density at radius 1 is 1.19 bits per heavy atom. The Hall–Kier alpha value is -1.61. The van der Waals surface area contributed by atoms with Gasteiger partial charge in [0, 0.05) is 18.0 Å². The number of nitrogens with zero attached hydrogens (tertiary/aromatic N) is 1. The highest BCUT2D eigenvalue weighted by atomic mass is 16.5. The summed E-state index contributed by atoms with van der Waals surface area (Å²) in [6, 6.07) is 10.3. The second kappa shape index (κ2) is 7.41. The molecule has 1 heterocycles. The fraction of sp³-hybridized carbons (Fsp3) is 0.500. The highest BCUT2D eigenvalue weighted by molar-refractivity contribution is 5.85. The third-order valence-electron chi connectivity index (χ3n) is 3.42. The van der Waals surface area contributed by atoms with Crippen LogP contribution >= 0.6 is 0 Å². The quantitative estimate of drug-likeness (QED) is 0.830. The van der Waals surface area contributed by atoms with Gasteiger partial charge in [0.05, 0.1) is 17.3 Å². The molecule has 0 saturated heterocycles. The molecule has 0 fully saturated rings. The molecule has 1 unspecified atom stereocenters. The molecular formula is C18H26N2O. The molecule has 21 heavy (non-hydrogen) atoms. The highest BCUT2D eigenvalue weighted by Gasteiger charge is 2.11. The van der Waals surface area contributed by atoms with Crippen molar-refractivity contribution in [2.24, 2.45) is 5.92 Å². The first-order chi connectivity index (χ1) is 10.1. The Morgan fingerprint density at radius 3 is 2.67 bits per heavy atom. The minimum absolute atomic E-state index is 0.211. The first kappa shape index (κ1) is 15.8. The molecule has 0 aliphatic carbocycles. The van der Waals surface area contributed by atoms with Gasteiger partial charge in [0.25, 0.3) is 0 Å². The Bertz CT molecular complexity index is 580. The summed E-state index contributed by atoms with van der Waals surface area (Å²) in [6.45, 7) is 10.4. The van der Waals surface area contributed by atoms with Crippen LogP contribution in [0.5, 0.6) is 5.75 Å². The topological polar surface area (TPSA) is 34.1 Å². The van der Waals surface area contributed by atoms with E-state index in [2.05, 4.69) is 45.1 Å². The lowest BCUT2D eigenvalue weighted by Gasteiger charge is -2.18. The van der Waals surface area contributed by atoms with Crippen LogP contribution in [-0.2, 0) is 6.54 Å². The van der Waals surface area contributed by atoms with Crippen molar-refractivity contribution < 1.29 is 4.74 Å². The van der Waals surface area contributed by atoms with E-state index in [1.165, 1.54) is 0 Å². The zero-order valence-corrected chi connectivity index (χ0v) is 13.5. The van der Waals surface area contributed by atoms with Gasteiger partial charge in [0.15, 0.2) is 0 Å². The van der Waals surface area contributed by atoms with Gasteiger partial charge >= 0.3 is 0 Å². The summed E-state index contributed by atoms with van der Waals surface area (Å²) in [4.78, 5) is 4.70. The molecule has 0 aliphatic rings. The first-order valence-electron chi connectivity index (χ1n) is 7.86. The van der Waals surface area contributed by atoms with E-state index in [-0.39, 0.29) is 6.10 Å². The van der Waals surface area contributed by atoms with Crippen LogP contribution in [-0.4, -0.2) is 17.6 Å². The second-order valence-electron chi connectivity index (χ2n) is 5.97. The number of hydrogen-bond donors (Lipinski definition) is 1. The van der Waals surface area contributed by atoms with E-state index in [1.54, 1.807) is 0 Å². The van der Waals surface area contributed by atoms with E-state index >= 15 is 0 Å². The molecule has 2 rings (SSSR count). The number of aromatic nitrogens is 1. The summed E-state index contributed by atoms with van der Waals surface area (Å²) >= 11 is 0. The fourth-order valence-electron chi connectivity index (χ4n) is 2.57. The van der Waals surface area contributed by atoms with Gasteiger partial charge in [-0.05, 0) is 37.9 Å². The second-order valence-corrected chi connectivity index (χ2v) is 5.97. The molecule has 2 aromatic rings. The van der Waals surface area contributed by atoms with Crippen LogP contribution < -0.4 is 10.1 Å². The Balaban J connectivity index is 2.30.